The van der Waals surface area contributed by atoms with E-state index < -0.39 is 0 Å². The summed E-state index contributed by atoms with van der Waals surface area (Å²) in [5.74, 6) is 0.889. The molecule has 1 aromatic rings. The summed E-state index contributed by atoms with van der Waals surface area (Å²) in [6, 6.07) is 1.87. The summed E-state index contributed by atoms with van der Waals surface area (Å²) in [6.45, 7) is 4.98. The van der Waals surface area contributed by atoms with E-state index in [4.69, 9.17) is 4.52 Å². The molecule has 2 heterocycles. The van der Waals surface area contributed by atoms with Crippen molar-refractivity contribution in [3.63, 3.8) is 0 Å². The van der Waals surface area contributed by atoms with Gasteiger partial charge in [-0.15, -0.1) is 0 Å². The molecule has 5 heteroatoms. The second-order valence-corrected chi connectivity index (χ2v) is 5.37. The number of nitrogens with zero attached hydrogens (tertiary/aromatic N) is 3. The molecule has 1 fully saturated rings. The lowest BCUT2D eigenvalue weighted by Gasteiger charge is -2.22. The third-order valence-corrected chi connectivity index (χ3v) is 3.55. The van der Waals surface area contributed by atoms with Crippen molar-refractivity contribution in [2.75, 3.05) is 26.7 Å². The van der Waals surface area contributed by atoms with Crippen LogP contribution in [0.15, 0.2) is 10.6 Å². The molecule has 0 radical (unpaired) electrons. The molecule has 19 heavy (non-hydrogen) atoms. The standard InChI is InChI=1S/C14H23N3O2/c1-12-9-13(19-15-12)10-16(2)14(18)11-17-7-5-3-4-6-8-17/h9H,3-8,10-11H2,1-2H3. The maximum Gasteiger partial charge on any atom is 0.236 e. The minimum absolute atomic E-state index is 0.149. The summed E-state index contributed by atoms with van der Waals surface area (Å²) in [6.07, 6.45) is 4.99. The van der Waals surface area contributed by atoms with Gasteiger partial charge in [-0.2, -0.15) is 0 Å². The lowest BCUT2D eigenvalue weighted by molar-refractivity contribution is -0.131. The average molecular weight is 265 g/mol. The monoisotopic (exact) mass is 265 g/mol. The fourth-order valence-electron chi connectivity index (χ4n) is 2.42. The minimum atomic E-state index is 0.149. The van der Waals surface area contributed by atoms with Gasteiger partial charge >= 0.3 is 0 Å². The van der Waals surface area contributed by atoms with E-state index in [1.807, 2.05) is 20.0 Å². The highest BCUT2D eigenvalue weighted by Crippen LogP contribution is 2.10. The van der Waals surface area contributed by atoms with Gasteiger partial charge < -0.3 is 9.42 Å². The molecule has 0 unspecified atom stereocenters. The Morgan fingerprint density at radius 1 is 1.37 bits per heavy atom. The molecule has 1 aromatic heterocycles. The summed E-state index contributed by atoms with van der Waals surface area (Å²) in [5, 5.41) is 3.83. The summed E-state index contributed by atoms with van der Waals surface area (Å²) in [4.78, 5) is 16.1. The third kappa shape index (κ3) is 4.35. The maximum absolute atomic E-state index is 12.2. The van der Waals surface area contributed by atoms with Crippen LogP contribution in [0.1, 0.15) is 37.1 Å². The molecule has 106 valence electrons. The van der Waals surface area contributed by atoms with E-state index in [1.54, 1.807) is 4.90 Å². The summed E-state index contributed by atoms with van der Waals surface area (Å²) in [7, 11) is 1.82. The van der Waals surface area contributed by atoms with Gasteiger partial charge in [0, 0.05) is 13.1 Å². The van der Waals surface area contributed by atoms with Crippen molar-refractivity contribution in [2.45, 2.75) is 39.2 Å². The number of hydrogen-bond donors (Lipinski definition) is 0. The zero-order valence-corrected chi connectivity index (χ0v) is 11.9. The predicted octanol–water partition coefficient (Wildman–Crippen LogP) is 1.82. The van der Waals surface area contributed by atoms with Crippen LogP contribution in [-0.2, 0) is 11.3 Å². The van der Waals surface area contributed by atoms with Crippen LogP contribution in [0.4, 0.5) is 0 Å². The first-order valence-electron chi connectivity index (χ1n) is 7.03. The Kier molecular flexibility index (Phi) is 4.96. The first-order chi connectivity index (χ1) is 9.15. The number of likely N-dealkylation sites (N-methyl/N-ethyl adjacent to an activating group) is 1. The van der Waals surface area contributed by atoms with Gasteiger partial charge in [-0.05, 0) is 32.9 Å². The molecule has 2 rings (SSSR count). The van der Waals surface area contributed by atoms with Crippen molar-refractivity contribution in [1.29, 1.82) is 0 Å². The van der Waals surface area contributed by atoms with Gasteiger partial charge in [0.2, 0.25) is 5.91 Å². The number of aromatic nitrogens is 1. The Labute approximate surface area is 114 Å². The van der Waals surface area contributed by atoms with Crippen LogP contribution >= 0.6 is 0 Å². The molecule has 1 saturated heterocycles. The van der Waals surface area contributed by atoms with Gasteiger partial charge in [-0.3, -0.25) is 9.69 Å². The number of carbonyl (C=O) groups excluding carboxylic acids is 1. The van der Waals surface area contributed by atoms with Crippen molar-refractivity contribution in [2.24, 2.45) is 0 Å². The lowest BCUT2D eigenvalue weighted by Crippen LogP contribution is -2.38. The van der Waals surface area contributed by atoms with E-state index in [0.29, 0.717) is 13.1 Å². The molecule has 0 spiro atoms. The van der Waals surface area contributed by atoms with E-state index in [-0.39, 0.29) is 5.91 Å². The van der Waals surface area contributed by atoms with Gasteiger partial charge in [0.1, 0.15) is 0 Å². The number of hydrogen-bond acceptors (Lipinski definition) is 4. The number of carbonyl (C=O) groups is 1. The predicted molar refractivity (Wildman–Crippen MR) is 72.6 cm³/mol. The normalized spacial score (nSPS) is 17.2. The summed E-state index contributed by atoms with van der Waals surface area (Å²) >= 11 is 0. The van der Waals surface area contributed by atoms with E-state index in [9.17, 15) is 4.79 Å². The Morgan fingerprint density at radius 2 is 2.05 bits per heavy atom. The molecule has 0 aromatic carbocycles. The van der Waals surface area contributed by atoms with E-state index in [1.165, 1.54) is 25.7 Å². The molecule has 1 amide bonds. The maximum atomic E-state index is 12.2. The largest absolute Gasteiger partial charge is 0.359 e. The highest BCUT2D eigenvalue weighted by atomic mass is 16.5. The van der Waals surface area contributed by atoms with E-state index in [2.05, 4.69) is 10.1 Å². The first kappa shape index (κ1) is 14.1. The van der Waals surface area contributed by atoms with Crippen molar-refractivity contribution >= 4 is 5.91 Å². The van der Waals surface area contributed by atoms with Crippen molar-refractivity contribution in [3.8, 4) is 0 Å². The minimum Gasteiger partial charge on any atom is -0.359 e. The molecule has 0 atom stereocenters. The van der Waals surface area contributed by atoms with Crippen LogP contribution < -0.4 is 0 Å². The van der Waals surface area contributed by atoms with Gasteiger partial charge in [-0.25, -0.2) is 0 Å². The number of aryl methyl sites for hydroxylation is 1. The molecule has 0 aliphatic carbocycles. The molecular weight excluding hydrogens is 242 g/mol. The van der Waals surface area contributed by atoms with Gasteiger partial charge in [-0.1, -0.05) is 18.0 Å². The second kappa shape index (κ2) is 6.70. The smallest absolute Gasteiger partial charge is 0.236 e. The fourth-order valence-corrected chi connectivity index (χ4v) is 2.42. The zero-order chi connectivity index (χ0) is 13.7. The molecular formula is C14H23N3O2. The topological polar surface area (TPSA) is 49.6 Å². The number of likely N-dealkylation sites (tertiary alicyclic amines) is 1. The Bertz CT molecular complexity index is 409. The molecule has 0 saturated carbocycles. The number of rotatable bonds is 4. The highest BCUT2D eigenvalue weighted by Gasteiger charge is 2.17. The van der Waals surface area contributed by atoms with Gasteiger partial charge in [0.15, 0.2) is 5.76 Å². The van der Waals surface area contributed by atoms with Crippen molar-refractivity contribution in [3.05, 3.63) is 17.5 Å². The molecule has 0 N–H and O–H groups in total. The third-order valence-electron chi connectivity index (χ3n) is 3.55. The Balaban J connectivity index is 1.81. The molecule has 0 bridgehead atoms. The average Bonchev–Trinajstić information content (AvgIpc) is 2.64. The first-order valence-corrected chi connectivity index (χ1v) is 7.03. The SMILES string of the molecule is Cc1cc(CN(C)C(=O)CN2CCCCCC2)on1. The Hall–Kier alpha value is -1.36. The highest BCUT2D eigenvalue weighted by molar-refractivity contribution is 5.77. The zero-order valence-electron chi connectivity index (χ0n) is 11.9. The van der Waals surface area contributed by atoms with Crippen LogP contribution in [0.5, 0.6) is 0 Å². The molecule has 1 aliphatic heterocycles. The summed E-state index contributed by atoms with van der Waals surface area (Å²) < 4.78 is 5.14. The van der Waals surface area contributed by atoms with Crippen LogP contribution in [0.3, 0.4) is 0 Å². The summed E-state index contributed by atoms with van der Waals surface area (Å²) in [5.41, 5.74) is 0.850. The van der Waals surface area contributed by atoms with Crippen LogP contribution in [0.2, 0.25) is 0 Å². The Morgan fingerprint density at radius 3 is 2.63 bits per heavy atom. The van der Waals surface area contributed by atoms with Crippen LogP contribution in [-0.4, -0.2) is 47.5 Å². The quantitative estimate of drug-likeness (QED) is 0.833. The van der Waals surface area contributed by atoms with Crippen molar-refractivity contribution in [1.82, 2.24) is 15.0 Å². The van der Waals surface area contributed by atoms with Crippen LogP contribution in [0.25, 0.3) is 0 Å². The number of amides is 1. The molecule has 5 nitrogen and oxygen atoms in total. The van der Waals surface area contributed by atoms with Gasteiger partial charge in [0.25, 0.3) is 0 Å². The van der Waals surface area contributed by atoms with Crippen LogP contribution in [0, 0.1) is 6.92 Å². The van der Waals surface area contributed by atoms with E-state index in [0.717, 1.165) is 24.5 Å². The fraction of sp³-hybridized carbons (Fsp3) is 0.714. The van der Waals surface area contributed by atoms with Gasteiger partial charge in [0.05, 0.1) is 18.8 Å². The van der Waals surface area contributed by atoms with E-state index >= 15 is 0 Å². The second-order valence-electron chi connectivity index (χ2n) is 5.37. The lowest BCUT2D eigenvalue weighted by atomic mass is 10.2. The van der Waals surface area contributed by atoms with Crippen molar-refractivity contribution < 1.29 is 9.32 Å². The molecule has 1 aliphatic rings.